The zero-order valence-corrected chi connectivity index (χ0v) is 11.0. The molecule has 0 fully saturated rings. The molecule has 7 nitrogen and oxygen atoms in total. The average molecular weight is 270 g/mol. The molecule has 0 aliphatic rings. The first-order valence-corrected chi connectivity index (χ1v) is 5.76. The summed E-state index contributed by atoms with van der Waals surface area (Å²) in [6.45, 7) is 0.676. The van der Waals surface area contributed by atoms with Crippen LogP contribution in [0.5, 0.6) is 5.75 Å². The fourth-order valence-electron chi connectivity index (χ4n) is 1.61. The van der Waals surface area contributed by atoms with E-state index in [1.807, 2.05) is 0 Å². The summed E-state index contributed by atoms with van der Waals surface area (Å²) in [5.74, 6) is 0.429. The summed E-state index contributed by atoms with van der Waals surface area (Å²) in [6, 6.07) is 4.33. The maximum absolute atomic E-state index is 10.8. The molecule has 7 heteroatoms. The molecule has 0 saturated carbocycles. The highest BCUT2D eigenvalue weighted by Crippen LogP contribution is 2.22. The second-order valence-corrected chi connectivity index (χ2v) is 4.01. The van der Waals surface area contributed by atoms with Gasteiger partial charge in [-0.15, -0.1) is 0 Å². The van der Waals surface area contributed by atoms with E-state index in [0.717, 1.165) is 0 Å². The van der Waals surface area contributed by atoms with Gasteiger partial charge < -0.3 is 19.9 Å². The van der Waals surface area contributed by atoms with Gasteiger partial charge in [-0.2, -0.15) is 0 Å². The molecule has 0 spiro atoms. The van der Waals surface area contributed by atoms with Crippen LogP contribution in [-0.2, 0) is 11.3 Å². The van der Waals surface area contributed by atoms with Crippen LogP contribution in [0.3, 0.4) is 0 Å². The third-order valence-corrected chi connectivity index (χ3v) is 2.58. The van der Waals surface area contributed by atoms with Gasteiger partial charge in [0.1, 0.15) is 5.75 Å². The minimum atomic E-state index is -0.468. The summed E-state index contributed by atoms with van der Waals surface area (Å²) in [5.41, 5.74) is 0.684. The van der Waals surface area contributed by atoms with E-state index in [1.165, 1.54) is 19.2 Å². The number of non-ortho nitro benzene ring substituents is 1. The quantitative estimate of drug-likeness (QED) is 0.533. The first-order chi connectivity index (χ1) is 9.10. The Morgan fingerprint density at radius 2 is 2.16 bits per heavy atom. The molecule has 0 amide bonds. The van der Waals surface area contributed by atoms with Gasteiger partial charge in [0.05, 0.1) is 37.4 Å². The lowest BCUT2D eigenvalue weighted by Gasteiger charge is -2.15. The number of nitrogens with zero attached hydrogens (tertiary/aromatic N) is 1. The molecule has 1 rings (SSSR count). The van der Waals surface area contributed by atoms with Crippen molar-refractivity contribution in [2.45, 2.75) is 12.6 Å². The van der Waals surface area contributed by atoms with E-state index >= 15 is 0 Å². The lowest BCUT2D eigenvalue weighted by molar-refractivity contribution is -0.385. The Balaban J connectivity index is 2.76. The first-order valence-electron chi connectivity index (χ1n) is 5.76. The van der Waals surface area contributed by atoms with Crippen LogP contribution in [0.2, 0.25) is 0 Å². The Morgan fingerprint density at radius 3 is 2.68 bits per heavy atom. The number of benzene rings is 1. The van der Waals surface area contributed by atoms with Gasteiger partial charge in [-0.05, 0) is 11.6 Å². The van der Waals surface area contributed by atoms with Crippen molar-refractivity contribution in [2.75, 3.05) is 27.4 Å². The second kappa shape index (κ2) is 7.67. The largest absolute Gasteiger partial charge is 0.496 e. The molecule has 1 unspecified atom stereocenters. The highest BCUT2D eigenvalue weighted by molar-refractivity contribution is 5.42. The summed E-state index contributed by atoms with van der Waals surface area (Å²) < 4.78 is 9.95. The minimum absolute atomic E-state index is 0.0246. The first kappa shape index (κ1) is 15.4. The van der Waals surface area contributed by atoms with Crippen molar-refractivity contribution in [2.24, 2.45) is 0 Å². The number of rotatable bonds is 8. The normalized spacial score (nSPS) is 12.2. The molecule has 0 saturated heterocycles. The molecule has 106 valence electrons. The maximum atomic E-state index is 10.8. The highest BCUT2D eigenvalue weighted by atomic mass is 16.6. The van der Waals surface area contributed by atoms with Crippen LogP contribution in [0.25, 0.3) is 0 Å². The van der Waals surface area contributed by atoms with Gasteiger partial charge in [-0.3, -0.25) is 10.1 Å². The van der Waals surface area contributed by atoms with E-state index in [-0.39, 0.29) is 18.3 Å². The van der Waals surface area contributed by atoms with Crippen LogP contribution in [0.15, 0.2) is 18.2 Å². The molecule has 1 aromatic carbocycles. The highest BCUT2D eigenvalue weighted by Gasteiger charge is 2.12. The minimum Gasteiger partial charge on any atom is -0.496 e. The van der Waals surface area contributed by atoms with Crippen LogP contribution >= 0.6 is 0 Å². The molecule has 1 aromatic rings. The van der Waals surface area contributed by atoms with E-state index in [2.05, 4.69) is 5.32 Å². The van der Waals surface area contributed by atoms with Crippen LogP contribution in [0.4, 0.5) is 5.69 Å². The predicted octanol–water partition coefficient (Wildman–Crippen LogP) is 0.700. The Morgan fingerprint density at radius 1 is 1.42 bits per heavy atom. The van der Waals surface area contributed by atoms with Crippen molar-refractivity contribution >= 4 is 5.69 Å². The fraction of sp³-hybridized carbons (Fsp3) is 0.500. The van der Waals surface area contributed by atoms with Crippen LogP contribution in [-0.4, -0.2) is 43.5 Å². The molecule has 0 aromatic heterocycles. The number of hydrogen-bond acceptors (Lipinski definition) is 6. The number of nitrogens with one attached hydrogen (secondary N) is 1. The number of nitro benzene ring substituents is 1. The van der Waals surface area contributed by atoms with Gasteiger partial charge in [0, 0.05) is 19.7 Å². The molecule has 0 bridgehead atoms. The van der Waals surface area contributed by atoms with Crippen LogP contribution in [0, 0.1) is 10.1 Å². The zero-order valence-electron chi connectivity index (χ0n) is 11.0. The second-order valence-electron chi connectivity index (χ2n) is 4.01. The third-order valence-electron chi connectivity index (χ3n) is 2.58. The Hall–Kier alpha value is -1.70. The van der Waals surface area contributed by atoms with Crippen LogP contribution < -0.4 is 10.1 Å². The summed E-state index contributed by atoms with van der Waals surface area (Å²) in [4.78, 5) is 10.3. The van der Waals surface area contributed by atoms with Crippen molar-refractivity contribution in [1.29, 1.82) is 0 Å². The third kappa shape index (κ3) is 4.82. The van der Waals surface area contributed by atoms with Crippen LogP contribution in [0.1, 0.15) is 5.56 Å². The lowest BCUT2D eigenvalue weighted by Crippen LogP contribution is -2.35. The number of nitro groups is 1. The topological polar surface area (TPSA) is 93.9 Å². The van der Waals surface area contributed by atoms with Crippen molar-refractivity contribution in [1.82, 2.24) is 5.32 Å². The van der Waals surface area contributed by atoms with Gasteiger partial charge in [-0.25, -0.2) is 0 Å². The van der Waals surface area contributed by atoms with Gasteiger partial charge in [-0.1, -0.05) is 0 Å². The van der Waals surface area contributed by atoms with E-state index in [9.17, 15) is 10.1 Å². The Kier molecular flexibility index (Phi) is 6.20. The van der Waals surface area contributed by atoms with Crippen molar-refractivity contribution < 1.29 is 19.5 Å². The number of aliphatic hydroxyl groups is 1. The van der Waals surface area contributed by atoms with Gasteiger partial charge in [0.2, 0.25) is 0 Å². The maximum Gasteiger partial charge on any atom is 0.273 e. The van der Waals surface area contributed by atoms with Gasteiger partial charge in [0.15, 0.2) is 0 Å². The number of methoxy groups -OCH3 is 2. The standard InChI is InChI=1S/C12H18N2O5/c1-18-8-10(7-15)13-6-9-3-11(14(16)17)5-12(4-9)19-2/h3-5,10,13,15H,6-8H2,1-2H3. The summed E-state index contributed by atoms with van der Waals surface area (Å²) >= 11 is 0. The van der Waals surface area contributed by atoms with E-state index in [0.29, 0.717) is 24.5 Å². The molecule has 0 aliphatic carbocycles. The zero-order chi connectivity index (χ0) is 14.3. The summed E-state index contributed by atoms with van der Waals surface area (Å²) in [7, 11) is 3.00. The molecule has 19 heavy (non-hydrogen) atoms. The molecular formula is C12H18N2O5. The van der Waals surface area contributed by atoms with Gasteiger partial charge >= 0.3 is 0 Å². The number of hydrogen-bond donors (Lipinski definition) is 2. The molecule has 0 aliphatic heterocycles. The SMILES string of the molecule is COCC(CO)NCc1cc(OC)cc([N+](=O)[O-])c1. The van der Waals surface area contributed by atoms with Gasteiger partial charge in [0.25, 0.3) is 5.69 Å². The number of aliphatic hydroxyl groups excluding tert-OH is 1. The number of ether oxygens (including phenoxy) is 2. The van der Waals surface area contributed by atoms with E-state index in [1.54, 1.807) is 13.2 Å². The Bertz CT molecular complexity index is 425. The Labute approximate surface area is 111 Å². The van der Waals surface area contributed by atoms with Crippen molar-refractivity contribution in [3.05, 3.63) is 33.9 Å². The average Bonchev–Trinajstić information content (AvgIpc) is 2.42. The monoisotopic (exact) mass is 270 g/mol. The summed E-state index contributed by atoms with van der Waals surface area (Å²) in [5, 5.41) is 22.9. The molecule has 1 atom stereocenters. The molecule has 2 N–H and O–H groups in total. The van der Waals surface area contributed by atoms with E-state index < -0.39 is 4.92 Å². The predicted molar refractivity (Wildman–Crippen MR) is 69.2 cm³/mol. The molecular weight excluding hydrogens is 252 g/mol. The van der Waals surface area contributed by atoms with Crippen molar-refractivity contribution in [3.63, 3.8) is 0 Å². The smallest absolute Gasteiger partial charge is 0.273 e. The lowest BCUT2D eigenvalue weighted by atomic mass is 10.1. The molecule has 0 radical (unpaired) electrons. The molecule has 0 heterocycles. The fourth-order valence-corrected chi connectivity index (χ4v) is 1.61. The van der Waals surface area contributed by atoms with Crippen molar-refractivity contribution in [3.8, 4) is 5.75 Å². The summed E-state index contributed by atoms with van der Waals surface area (Å²) in [6.07, 6.45) is 0. The van der Waals surface area contributed by atoms with E-state index in [4.69, 9.17) is 14.6 Å².